The van der Waals surface area contributed by atoms with Crippen molar-refractivity contribution in [2.24, 2.45) is 0 Å². The minimum absolute atomic E-state index is 0.0200. The van der Waals surface area contributed by atoms with E-state index in [1.807, 2.05) is 29.2 Å². The van der Waals surface area contributed by atoms with Crippen molar-refractivity contribution in [2.45, 2.75) is 25.9 Å². The van der Waals surface area contributed by atoms with Crippen LogP contribution >= 0.6 is 0 Å². The van der Waals surface area contributed by atoms with Gasteiger partial charge in [0.25, 0.3) is 0 Å². The molecule has 1 saturated heterocycles. The van der Waals surface area contributed by atoms with E-state index in [1.54, 1.807) is 0 Å². The number of likely N-dealkylation sites (tertiary alicyclic amines) is 1. The standard InChI is InChI=1S/C14H20N2O2/c1-2-11-3-5-12(6-4-11)15-14(18)10-16-8-7-13(17)9-16/h3-6,13,17H,2,7-10H2,1H3,(H,15,18)/t13-/m0/s1. The second kappa shape index (κ2) is 5.98. The summed E-state index contributed by atoms with van der Waals surface area (Å²) in [5.41, 5.74) is 2.09. The van der Waals surface area contributed by atoms with Gasteiger partial charge in [-0.25, -0.2) is 0 Å². The molecule has 0 aliphatic carbocycles. The Morgan fingerprint density at radius 2 is 2.17 bits per heavy atom. The number of nitrogens with zero attached hydrogens (tertiary/aromatic N) is 1. The number of rotatable bonds is 4. The lowest BCUT2D eigenvalue weighted by atomic mass is 10.1. The van der Waals surface area contributed by atoms with E-state index in [4.69, 9.17) is 0 Å². The third-order valence-corrected chi connectivity index (χ3v) is 3.26. The molecule has 1 heterocycles. The van der Waals surface area contributed by atoms with Crippen molar-refractivity contribution in [1.82, 2.24) is 4.90 Å². The summed E-state index contributed by atoms with van der Waals surface area (Å²) in [6, 6.07) is 7.90. The van der Waals surface area contributed by atoms with Gasteiger partial charge in [0.2, 0.25) is 5.91 Å². The van der Waals surface area contributed by atoms with Crippen LogP contribution in [0.15, 0.2) is 24.3 Å². The lowest BCUT2D eigenvalue weighted by Crippen LogP contribution is -2.32. The Labute approximate surface area is 108 Å². The van der Waals surface area contributed by atoms with Crippen LogP contribution in [0.3, 0.4) is 0 Å². The summed E-state index contributed by atoms with van der Waals surface area (Å²) in [4.78, 5) is 13.8. The Morgan fingerprint density at radius 1 is 1.44 bits per heavy atom. The number of carbonyl (C=O) groups is 1. The molecule has 1 fully saturated rings. The van der Waals surface area contributed by atoms with Gasteiger partial charge in [-0.2, -0.15) is 0 Å². The first kappa shape index (κ1) is 13.1. The number of hydrogen-bond acceptors (Lipinski definition) is 3. The average molecular weight is 248 g/mol. The van der Waals surface area contributed by atoms with Crippen molar-refractivity contribution in [3.63, 3.8) is 0 Å². The van der Waals surface area contributed by atoms with Crippen LogP contribution in [0.25, 0.3) is 0 Å². The van der Waals surface area contributed by atoms with Crippen LogP contribution in [0.5, 0.6) is 0 Å². The smallest absolute Gasteiger partial charge is 0.238 e. The zero-order valence-electron chi connectivity index (χ0n) is 10.7. The summed E-state index contributed by atoms with van der Waals surface area (Å²) in [7, 11) is 0. The van der Waals surface area contributed by atoms with Crippen molar-refractivity contribution >= 4 is 11.6 Å². The molecule has 98 valence electrons. The van der Waals surface area contributed by atoms with E-state index in [0.717, 1.165) is 25.1 Å². The van der Waals surface area contributed by atoms with Crippen molar-refractivity contribution in [3.05, 3.63) is 29.8 Å². The molecule has 1 aromatic rings. The van der Waals surface area contributed by atoms with Crippen LogP contribution < -0.4 is 5.32 Å². The lowest BCUT2D eigenvalue weighted by Gasteiger charge is -2.14. The largest absolute Gasteiger partial charge is 0.392 e. The number of carbonyl (C=O) groups excluding carboxylic acids is 1. The number of benzene rings is 1. The quantitative estimate of drug-likeness (QED) is 0.843. The molecule has 0 bridgehead atoms. The first-order valence-electron chi connectivity index (χ1n) is 6.46. The van der Waals surface area contributed by atoms with Crippen molar-refractivity contribution < 1.29 is 9.90 Å². The van der Waals surface area contributed by atoms with Gasteiger partial charge in [0, 0.05) is 18.8 Å². The van der Waals surface area contributed by atoms with Gasteiger partial charge in [-0.05, 0) is 30.5 Å². The summed E-state index contributed by atoms with van der Waals surface area (Å²) in [5.74, 6) is -0.0200. The molecule has 18 heavy (non-hydrogen) atoms. The first-order valence-corrected chi connectivity index (χ1v) is 6.46. The Balaban J connectivity index is 1.83. The maximum absolute atomic E-state index is 11.8. The molecular weight excluding hydrogens is 228 g/mol. The maximum Gasteiger partial charge on any atom is 0.238 e. The number of aliphatic hydroxyl groups is 1. The van der Waals surface area contributed by atoms with E-state index >= 15 is 0 Å². The van der Waals surface area contributed by atoms with Crippen molar-refractivity contribution in [2.75, 3.05) is 25.0 Å². The number of hydrogen-bond donors (Lipinski definition) is 2. The van der Waals surface area contributed by atoms with E-state index in [-0.39, 0.29) is 12.0 Å². The average Bonchev–Trinajstić information content (AvgIpc) is 2.75. The molecule has 0 radical (unpaired) electrons. The second-order valence-corrected chi connectivity index (χ2v) is 4.78. The summed E-state index contributed by atoms with van der Waals surface area (Å²) in [6.45, 7) is 3.85. The van der Waals surface area contributed by atoms with Gasteiger partial charge in [0.15, 0.2) is 0 Å². The van der Waals surface area contributed by atoms with Crippen LogP contribution in [-0.4, -0.2) is 41.7 Å². The summed E-state index contributed by atoms with van der Waals surface area (Å²) in [5, 5.41) is 12.3. The fourth-order valence-corrected chi connectivity index (χ4v) is 2.18. The number of nitrogens with one attached hydrogen (secondary N) is 1. The topological polar surface area (TPSA) is 52.6 Å². The van der Waals surface area contributed by atoms with Crippen LogP contribution in [0, 0.1) is 0 Å². The zero-order valence-corrected chi connectivity index (χ0v) is 10.7. The van der Waals surface area contributed by atoms with Crippen LogP contribution in [-0.2, 0) is 11.2 Å². The van der Waals surface area contributed by atoms with E-state index < -0.39 is 0 Å². The molecule has 1 aromatic carbocycles. The van der Waals surface area contributed by atoms with E-state index in [1.165, 1.54) is 5.56 Å². The molecule has 1 aliphatic rings. The summed E-state index contributed by atoms with van der Waals surface area (Å²) >= 11 is 0. The molecule has 0 unspecified atom stereocenters. The van der Waals surface area contributed by atoms with E-state index in [0.29, 0.717) is 13.1 Å². The summed E-state index contributed by atoms with van der Waals surface area (Å²) in [6.07, 6.45) is 1.49. The molecule has 1 atom stereocenters. The molecule has 4 heteroatoms. The highest BCUT2D eigenvalue weighted by Crippen LogP contribution is 2.11. The van der Waals surface area contributed by atoms with Gasteiger partial charge in [-0.1, -0.05) is 19.1 Å². The fraction of sp³-hybridized carbons (Fsp3) is 0.500. The number of aryl methyl sites for hydroxylation is 1. The molecule has 2 N–H and O–H groups in total. The number of amides is 1. The van der Waals surface area contributed by atoms with Gasteiger partial charge in [-0.15, -0.1) is 0 Å². The van der Waals surface area contributed by atoms with Crippen molar-refractivity contribution in [1.29, 1.82) is 0 Å². The molecule has 0 saturated carbocycles. The summed E-state index contributed by atoms with van der Waals surface area (Å²) < 4.78 is 0. The predicted octanol–water partition coefficient (Wildman–Crippen LogP) is 1.25. The Morgan fingerprint density at radius 3 is 2.72 bits per heavy atom. The number of β-amino-alcohol motifs (C(OH)–C–C–N with tert-alkyl or cyclic N) is 1. The van der Waals surface area contributed by atoms with Crippen molar-refractivity contribution in [3.8, 4) is 0 Å². The lowest BCUT2D eigenvalue weighted by molar-refractivity contribution is -0.117. The Hall–Kier alpha value is -1.39. The van der Waals surface area contributed by atoms with Crippen LogP contribution in [0.4, 0.5) is 5.69 Å². The highest BCUT2D eigenvalue weighted by Gasteiger charge is 2.21. The maximum atomic E-state index is 11.8. The predicted molar refractivity (Wildman–Crippen MR) is 71.5 cm³/mol. The van der Waals surface area contributed by atoms with Gasteiger partial charge in [0.1, 0.15) is 0 Å². The Bertz CT molecular complexity index is 403. The van der Waals surface area contributed by atoms with Gasteiger partial charge in [0.05, 0.1) is 12.6 Å². The normalized spacial score (nSPS) is 20.0. The molecule has 2 rings (SSSR count). The minimum Gasteiger partial charge on any atom is -0.392 e. The van der Waals surface area contributed by atoms with E-state index in [2.05, 4.69) is 12.2 Å². The zero-order chi connectivity index (χ0) is 13.0. The highest BCUT2D eigenvalue weighted by molar-refractivity contribution is 5.92. The Kier molecular flexibility index (Phi) is 4.33. The second-order valence-electron chi connectivity index (χ2n) is 4.78. The van der Waals surface area contributed by atoms with Gasteiger partial charge < -0.3 is 10.4 Å². The fourth-order valence-electron chi connectivity index (χ4n) is 2.18. The highest BCUT2D eigenvalue weighted by atomic mass is 16.3. The molecule has 0 aromatic heterocycles. The number of aliphatic hydroxyl groups excluding tert-OH is 1. The van der Waals surface area contributed by atoms with Crippen LogP contribution in [0.1, 0.15) is 18.9 Å². The van der Waals surface area contributed by atoms with E-state index in [9.17, 15) is 9.90 Å². The SMILES string of the molecule is CCc1ccc(NC(=O)CN2CC[C@H](O)C2)cc1. The van der Waals surface area contributed by atoms with Gasteiger partial charge in [-0.3, -0.25) is 9.69 Å². The van der Waals surface area contributed by atoms with Gasteiger partial charge >= 0.3 is 0 Å². The monoisotopic (exact) mass is 248 g/mol. The van der Waals surface area contributed by atoms with Crippen LogP contribution in [0.2, 0.25) is 0 Å². The third kappa shape index (κ3) is 3.55. The molecular formula is C14H20N2O2. The molecule has 4 nitrogen and oxygen atoms in total. The number of anilines is 1. The molecule has 0 spiro atoms. The minimum atomic E-state index is -0.276. The third-order valence-electron chi connectivity index (χ3n) is 3.26. The molecule has 1 amide bonds. The first-order chi connectivity index (χ1) is 8.67. The molecule has 1 aliphatic heterocycles.